The molecular weight excluding hydrogens is 404 g/mol. The number of nitrogens with two attached hydrogens (primary N) is 2. The summed E-state index contributed by atoms with van der Waals surface area (Å²) in [5, 5.41) is 9.77. The lowest BCUT2D eigenvalue weighted by Gasteiger charge is -2.28. The number of methoxy groups -OCH3 is 1. The van der Waals surface area contributed by atoms with Gasteiger partial charge in [-0.25, -0.2) is 0 Å². The number of quaternary nitrogens is 1. The first kappa shape index (κ1) is 21.8. The number of amides is 1. The summed E-state index contributed by atoms with van der Waals surface area (Å²) in [6.45, 7) is 0.742. The Morgan fingerprint density at radius 2 is 1.78 bits per heavy atom. The molecule has 0 saturated carbocycles. The smallest absolute Gasteiger partial charge is 0.226 e. The number of hydrogen-bond acceptors (Lipinski definition) is 4. The van der Waals surface area contributed by atoms with Crippen LogP contribution in [0.5, 0.6) is 5.75 Å². The molecule has 1 fully saturated rings. The third-order valence-electron chi connectivity index (χ3n) is 6.27. The van der Waals surface area contributed by atoms with E-state index >= 15 is 0 Å². The number of piperidine rings is 1. The molecule has 1 saturated heterocycles. The number of ether oxygens (including phenoxy) is 1. The van der Waals surface area contributed by atoms with E-state index in [4.69, 9.17) is 15.9 Å². The molecule has 32 heavy (non-hydrogen) atoms. The predicted molar refractivity (Wildman–Crippen MR) is 123 cm³/mol. The maximum atomic E-state index is 13.5. The Morgan fingerprint density at radius 3 is 2.41 bits per heavy atom. The summed E-state index contributed by atoms with van der Waals surface area (Å²) in [6, 6.07) is 15.2. The average Bonchev–Trinajstić information content (AvgIpc) is 2.81. The van der Waals surface area contributed by atoms with Gasteiger partial charge in [0, 0.05) is 30.8 Å². The van der Waals surface area contributed by atoms with E-state index in [1.807, 2.05) is 58.7 Å². The van der Waals surface area contributed by atoms with Gasteiger partial charge in [-0.1, -0.05) is 12.1 Å². The van der Waals surface area contributed by atoms with E-state index in [0.717, 1.165) is 42.1 Å². The van der Waals surface area contributed by atoms with Crippen LogP contribution in [0, 0.1) is 5.41 Å². The van der Waals surface area contributed by atoms with Crippen molar-refractivity contribution in [2.45, 2.75) is 38.0 Å². The van der Waals surface area contributed by atoms with Gasteiger partial charge in [-0.2, -0.15) is 0 Å². The number of amidine groups is 1. The third kappa shape index (κ3) is 4.43. The highest BCUT2D eigenvalue weighted by atomic mass is 16.5. The molecule has 7 heteroatoms. The minimum absolute atomic E-state index is 0.0286. The van der Waals surface area contributed by atoms with E-state index in [1.165, 1.54) is 0 Å². The molecule has 2 aromatic carbocycles. The van der Waals surface area contributed by atoms with Crippen molar-refractivity contribution in [3.63, 3.8) is 0 Å². The SMILES string of the molecule is COc1ccc([NH2+]C2=C(C(=N)N)CCC(c3ccc(N4CCCCC4=O)cc3)C2=O)cc1. The summed E-state index contributed by atoms with van der Waals surface area (Å²) >= 11 is 0. The molecule has 0 aromatic heterocycles. The summed E-state index contributed by atoms with van der Waals surface area (Å²) in [4.78, 5) is 27.5. The summed E-state index contributed by atoms with van der Waals surface area (Å²) in [5.74, 6) is 0.509. The zero-order valence-electron chi connectivity index (χ0n) is 18.3. The second-order valence-electron chi connectivity index (χ2n) is 8.27. The highest BCUT2D eigenvalue weighted by Gasteiger charge is 2.35. The van der Waals surface area contributed by atoms with Gasteiger partial charge in [-0.3, -0.25) is 20.3 Å². The van der Waals surface area contributed by atoms with Crippen molar-refractivity contribution in [2.75, 3.05) is 18.6 Å². The van der Waals surface area contributed by atoms with Crippen molar-refractivity contribution in [3.8, 4) is 5.75 Å². The van der Waals surface area contributed by atoms with Crippen molar-refractivity contribution in [3.05, 3.63) is 65.4 Å². The normalized spacial score (nSPS) is 19.3. The van der Waals surface area contributed by atoms with Gasteiger partial charge in [0.1, 0.15) is 17.3 Å². The van der Waals surface area contributed by atoms with Gasteiger partial charge < -0.3 is 15.4 Å². The van der Waals surface area contributed by atoms with Crippen LogP contribution >= 0.6 is 0 Å². The molecule has 0 spiro atoms. The molecule has 1 aliphatic carbocycles. The molecule has 0 radical (unpaired) electrons. The second-order valence-corrected chi connectivity index (χ2v) is 8.27. The Labute approximate surface area is 187 Å². The molecule has 2 aromatic rings. The molecule has 7 nitrogen and oxygen atoms in total. The van der Waals surface area contributed by atoms with Crippen LogP contribution in [-0.2, 0) is 9.59 Å². The molecule has 1 aliphatic heterocycles. The molecule has 166 valence electrons. The second kappa shape index (κ2) is 9.36. The van der Waals surface area contributed by atoms with E-state index in [1.54, 1.807) is 7.11 Å². The topological polar surface area (TPSA) is 113 Å². The number of rotatable bonds is 6. The van der Waals surface area contributed by atoms with E-state index in [0.29, 0.717) is 30.5 Å². The van der Waals surface area contributed by atoms with Gasteiger partial charge in [-0.15, -0.1) is 0 Å². The number of ketones is 1. The molecule has 0 bridgehead atoms. The fourth-order valence-corrected chi connectivity index (χ4v) is 4.48. The number of carbonyl (C=O) groups is 2. The number of nitrogens with zero attached hydrogens (tertiary/aromatic N) is 1. The quantitative estimate of drug-likeness (QED) is 0.369. The van der Waals surface area contributed by atoms with Crippen molar-refractivity contribution >= 4 is 28.9 Å². The van der Waals surface area contributed by atoms with Crippen LogP contribution in [0.15, 0.2) is 59.8 Å². The fraction of sp³-hybridized carbons (Fsp3) is 0.320. The molecule has 1 amide bonds. The largest absolute Gasteiger partial charge is 0.497 e. The Balaban J connectivity index is 1.57. The van der Waals surface area contributed by atoms with Gasteiger partial charge >= 0.3 is 0 Å². The van der Waals surface area contributed by atoms with Gasteiger partial charge in [-0.05, 0) is 55.5 Å². The molecule has 1 atom stereocenters. The Hall–Kier alpha value is -3.45. The van der Waals surface area contributed by atoms with Crippen LogP contribution in [0.3, 0.4) is 0 Å². The average molecular weight is 434 g/mol. The molecule has 2 aliphatic rings. The van der Waals surface area contributed by atoms with Crippen LogP contribution in [0.2, 0.25) is 0 Å². The highest BCUT2D eigenvalue weighted by Crippen LogP contribution is 2.33. The van der Waals surface area contributed by atoms with Gasteiger partial charge in [0.05, 0.1) is 18.6 Å². The van der Waals surface area contributed by atoms with E-state index in [9.17, 15) is 9.59 Å². The van der Waals surface area contributed by atoms with Gasteiger partial charge in [0.25, 0.3) is 0 Å². The van der Waals surface area contributed by atoms with E-state index in [2.05, 4.69) is 0 Å². The van der Waals surface area contributed by atoms with Crippen LogP contribution in [0.1, 0.15) is 43.6 Å². The van der Waals surface area contributed by atoms with Crippen molar-refractivity contribution in [1.82, 2.24) is 0 Å². The number of allylic oxidation sites excluding steroid dienone is 1. The standard InChI is InChI=1S/C25H28N4O3/c1-32-19-11-7-17(8-12-19)28-23-21(25(26)27)14-13-20(24(23)31)16-5-9-18(10-6-16)29-15-3-2-4-22(29)30/h5-12,20,28H,2-4,13-15H2,1H3,(H3,26,27)/p+1. The monoisotopic (exact) mass is 433 g/mol. The first-order valence-corrected chi connectivity index (χ1v) is 11.0. The Bertz CT molecular complexity index is 1060. The third-order valence-corrected chi connectivity index (χ3v) is 6.27. The zero-order chi connectivity index (χ0) is 22.7. The highest BCUT2D eigenvalue weighted by molar-refractivity contribution is 6.08. The zero-order valence-corrected chi connectivity index (χ0v) is 18.3. The molecule has 1 heterocycles. The van der Waals surface area contributed by atoms with E-state index in [-0.39, 0.29) is 23.4 Å². The summed E-state index contributed by atoms with van der Waals surface area (Å²) in [5.41, 5.74) is 9.56. The van der Waals surface area contributed by atoms with Gasteiger partial charge in [0.15, 0.2) is 5.70 Å². The Morgan fingerprint density at radius 1 is 1.06 bits per heavy atom. The molecular formula is C25H29N4O3+. The summed E-state index contributed by atoms with van der Waals surface area (Å²) < 4.78 is 5.20. The lowest BCUT2D eigenvalue weighted by Crippen LogP contribution is -2.78. The lowest BCUT2D eigenvalue weighted by molar-refractivity contribution is -0.512. The predicted octanol–water partition coefficient (Wildman–Crippen LogP) is 2.74. The molecule has 5 N–H and O–H groups in total. The lowest BCUT2D eigenvalue weighted by atomic mass is 9.81. The van der Waals surface area contributed by atoms with Crippen molar-refractivity contribution < 1.29 is 19.6 Å². The molecule has 4 rings (SSSR count). The Kier molecular flexibility index (Phi) is 6.37. The first-order chi connectivity index (χ1) is 15.5. The van der Waals surface area contributed by atoms with Gasteiger partial charge in [0.2, 0.25) is 11.7 Å². The van der Waals surface area contributed by atoms with Crippen molar-refractivity contribution in [2.24, 2.45) is 5.73 Å². The minimum atomic E-state index is -0.297. The van der Waals surface area contributed by atoms with E-state index < -0.39 is 0 Å². The number of hydrogen-bond donors (Lipinski definition) is 3. The number of benzene rings is 2. The van der Waals surface area contributed by atoms with Crippen LogP contribution < -0.4 is 20.7 Å². The molecule has 1 unspecified atom stereocenters. The maximum Gasteiger partial charge on any atom is 0.226 e. The number of carbonyl (C=O) groups excluding carboxylic acids is 2. The van der Waals surface area contributed by atoms with Crippen LogP contribution in [0.25, 0.3) is 0 Å². The minimum Gasteiger partial charge on any atom is -0.497 e. The number of nitrogens with one attached hydrogen (secondary N) is 1. The van der Waals surface area contributed by atoms with Crippen molar-refractivity contribution in [1.29, 1.82) is 5.41 Å². The number of Topliss-reactive ketones (excluding diaryl/α,β-unsaturated/α-hetero) is 1. The summed E-state index contributed by atoms with van der Waals surface area (Å²) in [6.07, 6.45) is 3.72. The maximum absolute atomic E-state index is 13.5. The summed E-state index contributed by atoms with van der Waals surface area (Å²) in [7, 11) is 1.61. The number of anilines is 1. The fourth-order valence-electron chi connectivity index (χ4n) is 4.48. The van der Waals surface area contributed by atoms with Crippen LogP contribution in [0.4, 0.5) is 11.4 Å². The van der Waals surface area contributed by atoms with Crippen LogP contribution in [-0.4, -0.2) is 31.2 Å². The first-order valence-electron chi connectivity index (χ1n) is 11.0.